The Kier molecular flexibility index (Phi) is 6.18. The highest BCUT2D eigenvalue weighted by molar-refractivity contribution is 5.94. The van der Waals surface area contributed by atoms with E-state index in [1.165, 1.54) is 24.3 Å². The van der Waals surface area contributed by atoms with Crippen molar-refractivity contribution < 1.29 is 32.6 Å². The zero-order valence-electron chi connectivity index (χ0n) is 12.3. The number of carbonyl (C=O) groups is 2. The van der Waals surface area contributed by atoms with E-state index in [0.29, 0.717) is 5.75 Å². The fourth-order valence-corrected chi connectivity index (χ4v) is 1.57. The molecular weight excluding hydrogens is 315 g/mol. The van der Waals surface area contributed by atoms with Gasteiger partial charge in [-0.25, -0.2) is 0 Å². The molecule has 0 fully saturated rings. The highest BCUT2D eigenvalue weighted by atomic mass is 19.4. The predicted octanol–water partition coefficient (Wildman–Crippen LogP) is 2.78. The summed E-state index contributed by atoms with van der Waals surface area (Å²) >= 11 is 0. The fourth-order valence-electron chi connectivity index (χ4n) is 1.57. The van der Waals surface area contributed by atoms with Gasteiger partial charge in [0.15, 0.2) is 0 Å². The van der Waals surface area contributed by atoms with Crippen molar-refractivity contribution in [2.75, 3.05) is 6.61 Å². The second kappa shape index (κ2) is 7.66. The van der Waals surface area contributed by atoms with Crippen LogP contribution in [0.1, 0.15) is 23.7 Å². The monoisotopic (exact) mass is 331 g/mol. The summed E-state index contributed by atoms with van der Waals surface area (Å²) in [6.07, 6.45) is -6.09. The molecule has 8 heteroatoms. The molecule has 0 aromatic heterocycles. The first-order chi connectivity index (χ1) is 10.6. The van der Waals surface area contributed by atoms with Crippen LogP contribution < -0.4 is 10.1 Å². The van der Waals surface area contributed by atoms with Crippen LogP contribution in [0.5, 0.6) is 5.75 Å². The van der Waals surface area contributed by atoms with E-state index in [2.05, 4.69) is 6.58 Å². The minimum Gasteiger partial charge on any atom is -0.489 e. The summed E-state index contributed by atoms with van der Waals surface area (Å²) in [5.74, 6) is -2.24. The van der Waals surface area contributed by atoms with Crippen LogP contribution in [0.2, 0.25) is 0 Å². The number of amides is 1. The van der Waals surface area contributed by atoms with Gasteiger partial charge in [0.2, 0.25) is 0 Å². The SMILES string of the molecule is C=C(C)COc1ccc(C(=O)N[C@@H](CC(=O)O)C(F)(F)F)cc1. The van der Waals surface area contributed by atoms with E-state index < -0.39 is 30.5 Å². The van der Waals surface area contributed by atoms with Gasteiger partial charge in [0.1, 0.15) is 18.4 Å². The third kappa shape index (κ3) is 6.41. The number of carboxylic acids is 1. The van der Waals surface area contributed by atoms with E-state index in [4.69, 9.17) is 9.84 Å². The molecule has 0 aliphatic rings. The molecule has 0 saturated carbocycles. The van der Waals surface area contributed by atoms with Crippen LogP contribution >= 0.6 is 0 Å². The Labute approximate surface area is 130 Å². The molecule has 0 aliphatic heterocycles. The minimum atomic E-state index is -4.85. The zero-order chi connectivity index (χ0) is 17.6. The minimum absolute atomic E-state index is 0.0349. The molecule has 0 unspecified atom stereocenters. The van der Waals surface area contributed by atoms with E-state index in [0.717, 1.165) is 5.57 Å². The maximum absolute atomic E-state index is 12.7. The largest absolute Gasteiger partial charge is 0.489 e. The highest BCUT2D eigenvalue weighted by Crippen LogP contribution is 2.23. The number of halogens is 3. The number of aliphatic carboxylic acids is 1. The average Bonchev–Trinajstić information content (AvgIpc) is 2.43. The van der Waals surface area contributed by atoms with Gasteiger partial charge < -0.3 is 15.2 Å². The van der Waals surface area contributed by atoms with Crippen molar-refractivity contribution in [3.05, 3.63) is 42.0 Å². The molecule has 1 amide bonds. The summed E-state index contributed by atoms with van der Waals surface area (Å²) in [4.78, 5) is 22.3. The Hall–Kier alpha value is -2.51. The van der Waals surface area contributed by atoms with Crippen molar-refractivity contribution in [1.29, 1.82) is 0 Å². The summed E-state index contributed by atoms with van der Waals surface area (Å²) in [5.41, 5.74) is 0.751. The second-order valence-electron chi connectivity index (χ2n) is 4.94. The molecule has 0 spiro atoms. The number of ether oxygens (including phenoxy) is 1. The van der Waals surface area contributed by atoms with Crippen LogP contribution in [0.3, 0.4) is 0 Å². The number of carboxylic acid groups (broad SMARTS) is 1. The Balaban J connectivity index is 2.75. The van der Waals surface area contributed by atoms with Crippen molar-refractivity contribution in [1.82, 2.24) is 5.32 Å². The molecule has 0 radical (unpaired) electrons. The molecule has 0 aliphatic carbocycles. The molecule has 0 heterocycles. The summed E-state index contributed by atoms with van der Waals surface area (Å²) in [6, 6.07) is 2.98. The highest BCUT2D eigenvalue weighted by Gasteiger charge is 2.42. The van der Waals surface area contributed by atoms with Gasteiger partial charge in [-0.15, -0.1) is 0 Å². The van der Waals surface area contributed by atoms with E-state index in [1.54, 1.807) is 12.2 Å². The first kappa shape index (κ1) is 18.5. The number of benzene rings is 1. The van der Waals surface area contributed by atoms with Gasteiger partial charge in [-0.2, -0.15) is 13.2 Å². The predicted molar refractivity (Wildman–Crippen MR) is 76.3 cm³/mol. The molecule has 1 rings (SSSR count). The standard InChI is InChI=1S/C15H16F3NO4/c1-9(2)8-23-11-5-3-10(4-6-11)14(22)19-12(7-13(20)21)15(16,17)18/h3-6,12H,1,7-8H2,2H3,(H,19,22)(H,20,21)/t12-/m0/s1. The molecule has 1 atom stereocenters. The van der Waals surface area contributed by atoms with Crippen LogP contribution in [0.15, 0.2) is 36.4 Å². The van der Waals surface area contributed by atoms with Crippen molar-refractivity contribution in [3.63, 3.8) is 0 Å². The summed E-state index contributed by atoms with van der Waals surface area (Å²) in [6.45, 7) is 5.70. The van der Waals surface area contributed by atoms with Gasteiger partial charge in [0.25, 0.3) is 5.91 Å². The van der Waals surface area contributed by atoms with Crippen LogP contribution in [0.4, 0.5) is 13.2 Å². The van der Waals surface area contributed by atoms with Gasteiger partial charge >= 0.3 is 12.1 Å². The Morgan fingerprint density at radius 3 is 2.30 bits per heavy atom. The molecule has 23 heavy (non-hydrogen) atoms. The number of carbonyl (C=O) groups excluding carboxylic acids is 1. The Bertz CT molecular complexity index is 581. The average molecular weight is 331 g/mol. The second-order valence-corrected chi connectivity index (χ2v) is 4.94. The van der Waals surface area contributed by atoms with E-state index in [1.807, 2.05) is 0 Å². The number of hydrogen-bond donors (Lipinski definition) is 2. The van der Waals surface area contributed by atoms with Gasteiger partial charge in [0.05, 0.1) is 6.42 Å². The van der Waals surface area contributed by atoms with Crippen molar-refractivity contribution >= 4 is 11.9 Å². The summed E-state index contributed by atoms with van der Waals surface area (Å²) in [7, 11) is 0. The number of alkyl halides is 3. The molecule has 0 saturated heterocycles. The smallest absolute Gasteiger partial charge is 0.409 e. The lowest BCUT2D eigenvalue weighted by atomic mass is 10.1. The third-order valence-corrected chi connectivity index (χ3v) is 2.68. The molecule has 1 aromatic carbocycles. The molecule has 2 N–H and O–H groups in total. The van der Waals surface area contributed by atoms with Crippen LogP contribution in [0, 0.1) is 0 Å². The van der Waals surface area contributed by atoms with Gasteiger partial charge in [-0.3, -0.25) is 9.59 Å². The maximum Gasteiger partial charge on any atom is 0.409 e. The zero-order valence-corrected chi connectivity index (χ0v) is 12.3. The van der Waals surface area contributed by atoms with Crippen molar-refractivity contribution in [2.24, 2.45) is 0 Å². The first-order valence-corrected chi connectivity index (χ1v) is 6.56. The van der Waals surface area contributed by atoms with Gasteiger partial charge in [0, 0.05) is 5.56 Å². The fraction of sp³-hybridized carbons (Fsp3) is 0.333. The van der Waals surface area contributed by atoms with Crippen molar-refractivity contribution in [3.8, 4) is 5.75 Å². The lowest BCUT2D eigenvalue weighted by Crippen LogP contribution is -2.46. The quantitative estimate of drug-likeness (QED) is 0.753. The third-order valence-electron chi connectivity index (χ3n) is 2.68. The lowest BCUT2D eigenvalue weighted by Gasteiger charge is -2.20. The maximum atomic E-state index is 12.7. The van der Waals surface area contributed by atoms with Crippen LogP contribution in [-0.2, 0) is 4.79 Å². The lowest BCUT2D eigenvalue weighted by molar-refractivity contribution is -0.165. The first-order valence-electron chi connectivity index (χ1n) is 6.56. The Morgan fingerprint density at radius 2 is 1.87 bits per heavy atom. The number of nitrogens with one attached hydrogen (secondary N) is 1. The van der Waals surface area contributed by atoms with E-state index in [-0.39, 0.29) is 12.2 Å². The summed E-state index contributed by atoms with van der Waals surface area (Å²) in [5, 5.41) is 10.2. The Morgan fingerprint density at radius 1 is 1.30 bits per heavy atom. The topological polar surface area (TPSA) is 75.6 Å². The van der Waals surface area contributed by atoms with Gasteiger partial charge in [-0.05, 0) is 36.8 Å². The van der Waals surface area contributed by atoms with E-state index >= 15 is 0 Å². The normalized spacial score (nSPS) is 12.3. The number of hydrogen-bond acceptors (Lipinski definition) is 3. The van der Waals surface area contributed by atoms with Crippen LogP contribution in [0.25, 0.3) is 0 Å². The molecule has 126 valence electrons. The van der Waals surface area contributed by atoms with Gasteiger partial charge in [-0.1, -0.05) is 6.58 Å². The van der Waals surface area contributed by atoms with Crippen molar-refractivity contribution in [2.45, 2.75) is 25.6 Å². The molecule has 5 nitrogen and oxygen atoms in total. The molecular formula is C15H16F3NO4. The molecule has 0 bridgehead atoms. The van der Waals surface area contributed by atoms with Crippen LogP contribution in [-0.4, -0.2) is 35.8 Å². The summed E-state index contributed by atoms with van der Waals surface area (Å²) < 4.78 is 43.4. The number of rotatable bonds is 7. The molecule has 1 aromatic rings. The van der Waals surface area contributed by atoms with E-state index in [9.17, 15) is 22.8 Å².